The number of nitrogen functional groups attached to an aromatic ring is 1. The van der Waals surface area contributed by atoms with Gasteiger partial charge in [-0.2, -0.15) is 0 Å². The summed E-state index contributed by atoms with van der Waals surface area (Å²) in [5, 5.41) is 0.723. The smallest absolute Gasteiger partial charge is 0.141 e. The molecular weight excluding hydrogens is 270 g/mol. The van der Waals surface area contributed by atoms with Crippen LogP contribution in [0.2, 0.25) is 5.02 Å². The van der Waals surface area contributed by atoms with Crippen molar-refractivity contribution in [3.05, 3.63) is 47.5 Å². The fraction of sp³-hybridized carbons (Fsp3) is 0.188. The molecule has 4 heteroatoms. The number of nitrogens with two attached hydrogens (primary N) is 1. The number of para-hydroxylation sites is 1. The minimum absolute atomic E-state index is 0.299. The van der Waals surface area contributed by atoms with Crippen molar-refractivity contribution in [1.82, 2.24) is 9.55 Å². The van der Waals surface area contributed by atoms with E-state index in [1.54, 1.807) is 0 Å². The zero-order chi connectivity index (χ0) is 14.3. The topological polar surface area (TPSA) is 43.8 Å². The van der Waals surface area contributed by atoms with Crippen LogP contribution in [0.3, 0.4) is 0 Å². The van der Waals surface area contributed by atoms with E-state index in [1.807, 2.05) is 36.4 Å². The largest absolute Gasteiger partial charge is 0.397 e. The highest BCUT2D eigenvalue weighted by atomic mass is 35.5. The van der Waals surface area contributed by atoms with Gasteiger partial charge in [-0.3, -0.25) is 0 Å². The lowest BCUT2D eigenvalue weighted by Crippen LogP contribution is -2.03. The molecule has 0 fully saturated rings. The van der Waals surface area contributed by atoms with Crippen LogP contribution in [0.4, 0.5) is 5.69 Å². The molecule has 0 atom stereocenters. The van der Waals surface area contributed by atoms with Gasteiger partial charge in [-0.25, -0.2) is 4.98 Å². The van der Waals surface area contributed by atoms with Crippen LogP contribution in [-0.2, 0) is 0 Å². The molecule has 3 nitrogen and oxygen atoms in total. The third-order valence-electron chi connectivity index (χ3n) is 3.37. The van der Waals surface area contributed by atoms with Crippen LogP contribution in [-0.4, -0.2) is 9.55 Å². The molecule has 3 aromatic rings. The van der Waals surface area contributed by atoms with Gasteiger partial charge in [-0.05, 0) is 50.2 Å². The standard InChI is InChI=1S/C16H16ClN3/c1-10(2)20-14-5-3-4-13(18)15(14)19-16(20)11-6-8-12(17)9-7-11/h3-10H,18H2,1-2H3. The third kappa shape index (κ3) is 2.04. The van der Waals surface area contributed by atoms with Gasteiger partial charge in [0.05, 0.1) is 11.2 Å². The Morgan fingerprint density at radius 2 is 1.80 bits per heavy atom. The number of aromatic nitrogens is 2. The summed E-state index contributed by atoms with van der Waals surface area (Å²) in [6.45, 7) is 4.29. The van der Waals surface area contributed by atoms with Crippen LogP contribution in [0.25, 0.3) is 22.4 Å². The van der Waals surface area contributed by atoms with Crippen molar-refractivity contribution in [3.8, 4) is 11.4 Å². The Morgan fingerprint density at radius 1 is 1.10 bits per heavy atom. The fourth-order valence-corrected chi connectivity index (χ4v) is 2.59. The van der Waals surface area contributed by atoms with Crippen molar-refractivity contribution in [2.45, 2.75) is 19.9 Å². The van der Waals surface area contributed by atoms with E-state index >= 15 is 0 Å². The van der Waals surface area contributed by atoms with Crippen molar-refractivity contribution >= 4 is 28.3 Å². The predicted octanol–water partition coefficient (Wildman–Crippen LogP) is 4.52. The predicted molar refractivity (Wildman–Crippen MR) is 85.0 cm³/mol. The number of anilines is 1. The summed E-state index contributed by atoms with van der Waals surface area (Å²) in [4.78, 5) is 4.73. The van der Waals surface area contributed by atoms with Crippen molar-refractivity contribution in [2.24, 2.45) is 0 Å². The Kier molecular flexibility index (Phi) is 3.14. The number of rotatable bonds is 2. The van der Waals surface area contributed by atoms with Gasteiger partial charge in [0.1, 0.15) is 11.3 Å². The molecule has 2 aromatic carbocycles. The van der Waals surface area contributed by atoms with Crippen molar-refractivity contribution in [3.63, 3.8) is 0 Å². The number of imidazole rings is 1. The number of hydrogen-bond donors (Lipinski definition) is 1. The second kappa shape index (κ2) is 4.84. The van der Waals surface area contributed by atoms with Crippen molar-refractivity contribution in [1.29, 1.82) is 0 Å². The van der Waals surface area contributed by atoms with Crippen LogP contribution >= 0.6 is 11.6 Å². The highest BCUT2D eigenvalue weighted by molar-refractivity contribution is 6.30. The molecule has 0 unspecified atom stereocenters. The molecule has 0 aliphatic carbocycles. The second-order valence-electron chi connectivity index (χ2n) is 5.12. The molecule has 0 saturated carbocycles. The average molecular weight is 286 g/mol. The SMILES string of the molecule is CC(C)n1c(-c2ccc(Cl)cc2)nc2c(N)cccc21. The number of halogens is 1. The van der Waals surface area contributed by atoms with Gasteiger partial charge in [-0.15, -0.1) is 0 Å². The van der Waals surface area contributed by atoms with E-state index in [4.69, 9.17) is 22.3 Å². The summed E-state index contributed by atoms with van der Waals surface area (Å²) in [7, 11) is 0. The zero-order valence-electron chi connectivity index (χ0n) is 11.5. The Labute approximate surface area is 123 Å². The van der Waals surface area contributed by atoms with Crippen LogP contribution in [0.15, 0.2) is 42.5 Å². The van der Waals surface area contributed by atoms with Gasteiger partial charge in [-0.1, -0.05) is 17.7 Å². The minimum Gasteiger partial charge on any atom is -0.397 e. The first-order chi connectivity index (χ1) is 9.58. The number of hydrogen-bond acceptors (Lipinski definition) is 2. The van der Waals surface area contributed by atoms with E-state index in [9.17, 15) is 0 Å². The van der Waals surface area contributed by atoms with Crippen molar-refractivity contribution in [2.75, 3.05) is 5.73 Å². The molecule has 0 radical (unpaired) electrons. The number of benzene rings is 2. The summed E-state index contributed by atoms with van der Waals surface area (Å²) < 4.78 is 2.20. The highest BCUT2D eigenvalue weighted by Gasteiger charge is 2.16. The summed E-state index contributed by atoms with van der Waals surface area (Å²) in [5.41, 5.74) is 9.70. The monoisotopic (exact) mass is 285 g/mol. The Hall–Kier alpha value is -2.00. The normalized spacial score (nSPS) is 11.4. The molecule has 20 heavy (non-hydrogen) atoms. The zero-order valence-corrected chi connectivity index (χ0v) is 12.2. The Morgan fingerprint density at radius 3 is 2.45 bits per heavy atom. The Bertz CT molecular complexity index is 757. The molecule has 2 N–H and O–H groups in total. The lowest BCUT2D eigenvalue weighted by Gasteiger charge is -2.13. The van der Waals surface area contributed by atoms with Crippen LogP contribution < -0.4 is 5.73 Å². The second-order valence-corrected chi connectivity index (χ2v) is 5.56. The maximum atomic E-state index is 6.04. The molecule has 1 heterocycles. The van der Waals surface area contributed by atoms with E-state index in [1.165, 1.54) is 0 Å². The number of nitrogens with zero attached hydrogens (tertiary/aromatic N) is 2. The fourth-order valence-electron chi connectivity index (χ4n) is 2.46. The molecule has 3 rings (SSSR count). The van der Waals surface area contributed by atoms with Gasteiger partial charge >= 0.3 is 0 Å². The molecule has 1 aromatic heterocycles. The van der Waals surface area contributed by atoms with Crippen LogP contribution in [0, 0.1) is 0 Å². The van der Waals surface area contributed by atoms with Gasteiger partial charge in [0.25, 0.3) is 0 Å². The van der Waals surface area contributed by atoms with Crippen LogP contribution in [0.5, 0.6) is 0 Å². The molecule has 0 amide bonds. The van der Waals surface area contributed by atoms with Gasteiger partial charge in [0, 0.05) is 16.6 Å². The van der Waals surface area contributed by atoms with E-state index in [0.29, 0.717) is 11.7 Å². The third-order valence-corrected chi connectivity index (χ3v) is 3.62. The molecule has 0 aliphatic rings. The van der Waals surface area contributed by atoms with Gasteiger partial charge in [0.15, 0.2) is 0 Å². The molecular formula is C16H16ClN3. The molecule has 0 aliphatic heterocycles. The Balaban J connectivity index is 2.32. The maximum Gasteiger partial charge on any atom is 0.141 e. The van der Waals surface area contributed by atoms with Crippen LogP contribution in [0.1, 0.15) is 19.9 Å². The maximum absolute atomic E-state index is 6.04. The van der Waals surface area contributed by atoms with E-state index in [-0.39, 0.29) is 0 Å². The minimum atomic E-state index is 0.299. The summed E-state index contributed by atoms with van der Waals surface area (Å²) in [6.07, 6.45) is 0. The molecule has 102 valence electrons. The molecule has 0 bridgehead atoms. The first-order valence-electron chi connectivity index (χ1n) is 6.60. The van der Waals surface area contributed by atoms with E-state index < -0.39 is 0 Å². The molecule has 0 spiro atoms. The summed E-state index contributed by atoms with van der Waals surface area (Å²) in [5.74, 6) is 0.921. The number of fused-ring (bicyclic) bond motifs is 1. The van der Waals surface area contributed by atoms with Gasteiger partial charge in [0.2, 0.25) is 0 Å². The summed E-state index contributed by atoms with van der Waals surface area (Å²) >= 11 is 5.96. The lowest BCUT2D eigenvalue weighted by molar-refractivity contribution is 0.624. The quantitative estimate of drug-likeness (QED) is 0.704. The first kappa shape index (κ1) is 13.0. The van der Waals surface area contributed by atoms with Gasteiger partial charge < -0.3 is 10.3 Å². The average Bonchev–Trinajstić information content (AvgIpc) is 2.80. The summed E-state index contributed by atoms with van der Waals surface area (Å²) in [6, 6.07) is 13.9. The van der Waals surface area contributed by atoms with Crippen molar-refractivity contribution < 1.29 is 0 Å². The van der Waals surface area contributed by atoms with E-state index in [2.05, 4.69) is 24.5 Å². The molecule has 0 saturated heterocycles. The lowest BCUT2D eigenvalue weighted by atomic mass is 10.2. The first-order valence-corrected chi connectivity index (χ1v) is 6.98. The van der Waals surface area contributed by atoms with E-state index in [0.717, 1.165) is 27.4 Å². The highest BCUT2D eigenvalue weighted by Crippen LogP contribution is 2.31.